The highest BCUT2D eigenvalue weighted by Crippen LogP contribution is 2.60. The largest absolute Gasteiger partial charge is 0.416 e. The molecule has 1 aliphatic carbocycles. The van der Waals surface area contributed by atoms with Crippen LogP contribution in [0.1, 0.15) is 45.4 Å². The lowest BCUT2D eigenvalue weighted by molar-refractivity contribution is -0.138. The summed E-state index contributed by atoms with van der Waals surface area (Å²) >= 11 is 5.81. The third kappa shape index (κ3) is 2.23. The predicted molar refractivity (Wildman–Crippen MR) is 85.4 cm³/mol. The molecule has 1 atom stereocenters. The van der Waals surface area contributed by atoms with Crippen LogP contribution in [-0.4, -0.2) is 24.2 Å². The van der Waals surface area contributed by atoms with Gasteiger partial charge in [0.25, 0.3) is 0 Å². The van der Waals surface area contributed by atoms with Gasteiger partial charge in [-0.15, -0.1) is 0 Å². The number of ketones is 1. The summed E-state index contributed by atoms with van der Waals surface area (Å²) in [5, 5.41) is -2.10. The molecule has 136 valence electrons. The molecule has 1 spiro atoms. The Hall–Kier alpha value is -2.00. The number of fused-ring (bicyclic) bond motifs is 2. The second-order valence-electron chi connectivity index (χ2n) is 6.27. The highest BCUT2D eigenvalue weighted by molar-refractivity contribution is 7.93. The van der Waals surface area contributed by atoms with E-state index in [9.17, 15) is 26.4 Å². The maximum absolute atomic E-state index is 13.4. The van der Waals surface area contributed by atoms with Crippen LogP contribution in [0.3, 0.4) is 0 Å². The summed E-state index contributed by atoms with van der Waals surface area (Å²) < 4.78 is 65.2. The van der Waals surface area contributed by atoms with Crippen LogP contribution in [0.25, 0.3) is 0 Å². The van der Waals surface area contributed by atoms with Crippen LogP contribution in [0.2, 0.25) is 5.02 Å². The van der Waals surface area contributed by atoms with Gasteiger partial charge >= 0.3 is 6.18 Å². The van der Waals surface area contributed by atoms with Crippen LogP contribution >= 0.6 is 11.6 Å². The van der Waals surface area contributed by atoms with Gasteiger partial charge in [0.2, 0.25) is 5.78 Å². The number of nitrogens with zero attached hydrogens (tertiary/aromatic N) is 2. The Labute approximate surface area is 151 Å². The van der Waals surface area contributed by atoms with Crippen LogP contribution in [0, 0.1) is 0 Å². The van der Waals surface area contributed by atoms with Crippen molar-refractivity contribution in [3.05, 3.63) is 58.1 Å². The number of alkyl halides is 3. The quantitative estimate of drug-likeness (QED) is 0.729. The van der Waals surface area contributed by atoms with Crippen molar-refractivity contribution in [3.63, 3.8) is 0 Å². The van der Waals surface area contributed by atoms with Gasteiger partial charge < -0.3 is 0 Å². The molecule has 1 aromatic heterocycles. The molecule has 0 saturated heterocycles. The predicted octanol–water partition coefficient (Wildman–Crippen LogP) is 3.49. The van der Waals surface area contributed by atoms with Crippen molar-refractivity contribution in [3.8, 4) is 0 Å². The first-order chi connectivity index (χ1) is 12.1. The van der Waals surface area contributed by atoms with E-state index in [0.717, 1.165) is 12.1 Å². The average molecular weight is 403 g/mol. The zero-order chi connectivity index (χ0) is 18.9. The minimum absolute atomic E-state index is 0.0248. The molecule has 0 amide bonds. The first kappa shape index (κ1) is 17.4. The summed E-state index contributed by atoms with van der Waals surface area (Å²) in [4.78, 5) is 20.7. The van der Waals surface area contributed by atoms with Crippen LogP contribution in [0.5, 0.6) is 0 Å². The van der Waals surface area contributed by atoms with Crippen molar-refractivity contribution in [2.45, 2.75) is 29.0 Å². The van der Waals surface area contributed by atoms with Gasteiger partial charge in [-0.05, 0) is 36.6 Å². The van der Waals surface area contributed by atoms with Gasteiger partial charge in [0.15, 0.2) is 15.1 Å². The third-order valence-corrected chi connectivity index (χ3v) is 7.78. The van der Waals surface area contributed by atoms with Crippen molar-refractivity contribution >= 4 is 27.2 Å². The van der Waals surface area contributed by atoms with Gasteiger partial charge in [0, 0.05) is 17.4 Å². The molecule has 0 radical (unpaired) electrons. The summed E-state index contributed by atoms with van der Waals surface area (Å²) in [6, 6.07) is 2.59. The first-order valence-corrected chi connectivity index (χ1v) is 9.48. The fourth-order valence-electron chi connectivity index (χ4n) is 3.43. The van der Waals surface area contributed by atoms with E-state index in [-0.39, 0.29) is 29.3 Å². The number of halogens is 4. The summed E-state index contributed by atoms with van der Waals surface area (Å²) in [6.45, 7) is 0. The van der Waals surface area contributed by atoms with Gasteiger partial charge in [-0.25, -0.2) is 13.4 Å². The number of hydrogen-bond acceptors (Lipinski definition) is 5. The van der Waals surface area contributed by atoms with E-state index in [2.05, 4.69) is 9.97 Å². The van der Waals surface area contributed by atoms with E-state index in [1.165, 1.54) is 12.4 Å². The van der Waals surface area contributed by atoms with Crippen molar-refractivity contribution in [2.24, 2.45) is 0 Å². The lowest BCUT2D eigenvalue weighted by atomic mass is 9.97. The Morgan fingerprint density at radius 1 is 1.15 bits per heavy atom. The Morgan fingerprint density at radius 3 is 2.42 bits per heavy atom. The highest BCUT2D eigenvalue weighted by Gasteiger charge is 2.66. The van der Waals surface area contributed by atoms with Gasteiger partial charge in [-0.2, -0.15) is 13.2 Å². The molecule has 0 bridgehead atoms. The SMILES string of the molecule is O=C1c2nccnc2C2(CC2)S(=O)(=O)C1c1cc(Cl)ccc1C(F)(F)F. The fourth-order valence-corrected chi connectivity index (χ4v) is 6.07. The van der Waals surface area contributed by atoms with E-state index in [4.69, 9.17) is 11.6 Å². The minimum atomic E-state index is -4.84. The smallest absolute Gasteiger partial charge is 0.291 e. The zero-order valence-electron chi connectivity index (χ0n) is 12.9. The standard InChI is InChI=1S/C16H10ClF3N2O3S/c17-8-1-2-10(16(18,19)20)9(7-8)13-12(23)11-14(22-6-5-21-11)15(3-4-15)26(13,24)25/h1-2,5-7,13H,3-4H2. The first-order valence-electron chi connectivity index (χ1n) is 7.55. The van der Waals surface area contributed by atoms with Crippen LogP contribution in [-0.2, 0) is 20.8 Å². The van der Waals surface area contributed by atoms with Gasteiger partial charge in [0.1, 0.15) is 10.4 Å². The Balaban J connectivity index is 2.03. The van der Waals surface area contributed by atoms with Crippen LogP contribution in [0.4, 0.5) is 13.2 Å². The molecule has 1 fully saturated rings. The number of benzene rings is 1. The number of rotatable bonds is 1. The van der Waals surface area contributed by atoms with Gasteiger partial charge in [-0.1, -0.05) is 11.6 Å². The Kier molecular flexibility index (Phi) is 3.52. The Bertz CT molecular complexity index is 1050. The molecule has 1 aliphatic heterocycles. The van der Waals surface area contributed by atoms with Gasteiger partial charge in [-0.3, -0.25) is 9.78 Å². The maximum Gasteiger partial charge on any atom is 0.416 e. The normalized spacial score (nSPS) is 22.9. The van der Waals surface area contributed by atoms with Crippen molar-refractivity contribution < 1.29 is 26.4 Å². The molecular formula is C16H10ClF3N2O3S. The number of hydrogen-bond donors (Lipinski definition) is 0. The second-order valence-corrected chi connectivity index (χ2v) is 9.05. The van der Waals surface area contributed by atoms with E-state index < -0.39 is 42.9 Å². The molecule has 10 heteroatoms. The van der Waals surface area contributed by atoms with Crippen molar-refractivity contribution in [2.75, 3.05) is 0 Å². The molecule has 2 aromatic rings. The summed E-state index contributed by atoms with van der Waals surface area (Å²) in [5.41, 5.74) is -2.04. The molecule has 4 rings (SSSR count). The molecular weight excluding hydrogens is 393 g/mol. The molecule has 1 unspecified atom stereocenters. The van der Waals surface area contributed by atoms with Crippen LogP contribution < -0.4 is 0 Å². The van der Waals surface area contributed by atoms with E-state index in [1.54, 1.807) is 0 Å². The highest BCUT2D eigenvalue weighted by atomic mass is 35.5. The molecule has 5 nitrogen and oxygen atoms in total. The fraction of sp³-hybridized carbons (Fsp3) is 0.312. The molecule has 0 N–H and O–H groups in total. The van der Waals surface area contributed by atoms with Crippen molar-refractivity contribution in [1.82, 2.24) is 9.97 Å². The molecule has 26 heavy (non-hydrogen) atoms. The molecule has 1 saturated carbocycles. The summed E-state index contributed by atoms with van der Waals surface area (Å²) in [7, 11) is -4.32. The van der Waals surface area contributed by atoms with Gasteiger partial charge in [0.05, 0.1) is 11.3 Å². The number of carbonyl (C=O) groups excluding carboxylic acids is 1. The number of carbonyl (C=O) groups is 1. The lowest BCUT2D eigenvalue weighted by Gasteiger charge is -2.30. The second kappa shape index (κ2) is 5.26. The van der Waals surface area contributed by atoms with E-state index >= 15 is 0 Å². The molecule has 2 heterocycles. The van der Waals surface area contributed by atoms with Crippen molar-refractivity contribution in [1.29, 1.82) is 0 Å². The summed E-state index contributed by atoms with van der Waals surface area (Å²) in [6.07, 6.45) is -1.98. The molecule has 2 aliphatic rings. The topological polar surface area (TPSA) is 77.0 Å². The number of aromatic nitrogens is 2. The maximum atomic E-state index is 13.4. The average Bonchev–Trinajstić information content (AvgIpc) is 3.34. The zero-order valence-corrected chi connectivity index (χ0v) is 14.5. The summed E-state index contributed by atoms with van der Waals surface area (Å²) in [5.74, 6) is -1.02. The number of Topliss-reactive ketones (excluding diaryl/α,β-unsaturated/α-hetero) is 1. The third-order valence-electron chi connectivity index (χ3n) is 4.76. The molecule has 1 aromatic carbocycles. The number of sulfone groups is 1. The Morgan fingerprint density at radius 2 is 1.81 bits per heavy atom. The van der Waals surface area contributed by atoms with E-state index in [1.807, 2.05) is 0 Å². The lowest BCUT2D eigenvalue weighted by Crippen LogP contribution is -2.40. The monoisotopic (exact) mass is 402 g/mol. The minimum Gasteiger partial charge on any atom is -0.291 e. The van der Waals surface area contributed by atoms with E-state index in [0.29, 0.717) is 6.07 Å². The van der Waals surface area contributed by atoms with Crippen LogP contribution in [0.15, 0.2) is 30.6 Å².